The quantitative estimate of drug-likeness (QED) is 0.820. The second-order valence-corrected chi connectivity index (χ2v) is 6.70. The van der Waals surface area contributed by atoms with Crippen molar-refractivity contribution >= 4 is 15.8 Å². The summed E-state index contributed by atoms with van der Waals surface area (Å²) in [5, 5.41) is 0. The zero-order valence-corrected chi connectivity index (χ0v) is 11.3. The number of hydrogen-bond acceptors (Lipinski definition) is 4. The van der Waals surface area contributed by atoms with Crippen LogP contribution in [0.3, 0.4) is 0 Å². The zero-order chi connectivity index (χ0) is 13.2. The van der Waals surface area contributed by atoms with Gasteiger partial charge < -0.3 is 5.73 Å². The van der Waals surface area contributed by atoms with E-state index < -0.39 is 10.0 Å². The Morgan fingerprint density at radius 3 is 2.78 bits per heavy atom. The van der Waals surface area contributed by atoms with Crippen molar-refractivity contribution in [2.24, 2.45) is 5.41 Å². The first-order chi connectivity index (χ1) is 8.49. The minimum Gasteiger partial charge on any atom is -0.383 e. The summed E-state index contributed by atoms with van der Waals surface area (Å²) >= 11 is 0. The lowest BCUT2D eigenvalue weighted by Crippen LogP contribution is -2.31. The first-order valence-electron chi connectivity index (χ1n) is 6.19. The summed E-state index contributed by atoms with van der Waals surface area (Å²) < 4.78 is 26.9. The molecule has 2 rings (SSSR count). The molecular weight excluding hydrogens is 250 g/mol. The molecule has 0 aliphatic heterocycles. The van der Waals surface area contributed by atoms with E-state index in [1.54, 1.807) is 6.07 Å². The van der Waals surface area contributed by atoms with Gasteiger partial charge in [-0.15, -0.1) is 0 Å². The molecule has 1 aromatic heterocycles. The van der Waals surface area contributed by atoms with Crippen molar-refractivity contribution in [3.8, 4) is 0 Å². The van der Waals surface area contributed by atoms with Crippen LogP contribution < -0.4 is 10.5 Å². The van der Waals surface area contributed by atoms with Crippen LogP contribution in [0.5, 0.6) is 0 Å². The summed E-state index contributed by atoms with van der Waals surface area (Å²) in [4.78, 5) is 3.87. The van der Waals surface area contributed by atoms with Gasteiger partial charge in [0.25, 0.3) is 0 Å². The smallest absolute Gasteiger partial charge is 0.244 e. The molecule has 0 amide bonds. The van der Waals surface area contributed by atoms with Crippen molar-refractivity contribution in [3.05, 3.63) is 18.3 Å². The molecule has 0 radical (unpaired) electrons. The third-order valence-corrected chi connectivity index (χ3v) is 4.91. The van der Waals surface area contributed by atoms with Crippen LogP contribution in [0, 0.1) is 5.41 Å². The summed E-state index contributed by atoms with van der Waals surface area (Å²) in [6.07, 6.45) is 5.83. The van der Waals surface area contributed by atoms with Gasteiger partial charge in [0, 0.05) is 12.7 Å². The number of nitrogens with zero attached hydrogens (tertiary/aromatic N) is 1. The van der Waals surface area contributed by atoms with Gasteiger partial charge in [-0.1, -0.05) is 13.3 Å². The van der Waals surface area contributed by atoms with E-state index in [0.29, 0.717) is 6.54 Å². The van der Waals surface area contributed by atoms with E-state index in [-0.39, 0.29) is 16.1 Å². The number of aromatic nitrogens is 1. The van der Waals surface area contributed by atoms with Crippen LogP contribution in [0.2, 0.25) is 0 Å². The maximum atomic E-state index is 12.1. The Hall–Kier alpha value is -1.14. The molecule has 1 aromatic rings. The van der Waals surface area contributed by atoms with Gasteiger partial charge in [-0.25, -0.2) is 18.1 Å². The SMILES string of the molecule is CCCC1(CNS(=O)(=O)c2cccnc2N)CC1. The first kappa shape index (κ1) is 13.3. The topological polar surface area (TPSA) is 85.1 Å². The second-order valence-electron chi connectivity index (χ2n) is 4.96. The van der Waals surface area contributed by atoms with Crippen molar-refractivity contribution in [1.29, 1.82) is 0 Å². The van der Waals surface area contributed by atoms with Crippen molar-refractivity contribution < 1.29 is 8.42 Å². The van der Waals surface area contributed by atoms with E-state index in [4.69, 9.17) is 5.73 Å². The molecule has 18 heavy (non-hydrogen) atoms. The number of nitrogen functional groups attached to an aromatic ring is 1. The molecule has 5 nitrogen and oxygen atoms in total. The molecule has 0 atom stereocenters. The molecule has 0 bridgehead atoms. The highest BCUT2D eigenvalue weighted by Crippen LogP contribution is 2.49. The van der Waals surface area contributed by atoms with Crippen LogP contribution in [0.15, 0.2) is 23.2 Å². The fourth-order valence-corrected chi connectivity index (χ4v) is 3.42. The Balaban J connectivity index is 2.07. The van der Waals surface area contributed by atoms with Gasteiger partial charge in [-0.3, -0.25) is 0 Å². The number of pyridine rings is 1. The van der Waals surface area contributed by atoms with Gasteiger partial charge >= 0.3 is 0 Å². The van der Waals surface area contributed by atoms with Gasteiger partial charge in [-0.05, 0) is 36.8 Å². The van der Waals surface area contributed by atoms with Crippen LogP contribution in [0.25, 0.3) is 0 Å². The summed E-state index contributed by atoms with van der Waals surface area (Å²) in [6, 6.07) is 3.05. The second kappa shape index (κ2) is 4.85. The fraction of sp³-hybridized carbons (Fsp3) is 0.583. The van der Waals surface area contributed by atoms with Crippen LogP contribution in [-0.2, 0) is 10.0 Å². The normalized spacial score (nSPS) is 17.6. The zero-order valence-electron chi connectivity index (χ0n) is 10.5. The van der Waals surface area contributed by atoms with Crippen molar-refractivity contribution in [2.45, 2.75) is 37.5 Å². The summed E-state index contributed by atoms with van der Waals surface area (Å²) in [6.45, 7) is 2.62. The molecule has 1 fully saturated rings. The summed E-state index contributed by atoms with van der Waals surface area (Å²) in [5.41, 5.74) is 5.77. The summed E-state index contributed by atoms with van der Waals surface area (Å²) in [5.74, 6) is 0.0466. The average Bonchev–Trinajstić information content (AvgIpc) is 3.08. The van der Waals surface area contributed by atoms with Crippen LogP contribution in [-0.4, -0.2) is 19.9 Å². The van der Waals surface area contributed by atoms with E-state index in [2.05, 4.69) is 16.6 Å². The van der Waals surface area contributed by atoms with E-state index in [1.807, 2.05) is 0 Å². The molecule has 100 valence electrons. The highest BCUT2D eigenvalue weighted by molar-refractivity contribution is 7.89. The van der Waals surface area contributed by atoms with E-state index in [9.17, 15) is 8.42 Å². The molecule has 0 saturated heterocycles. The maximum absolute atomic E-state index is 12.1. The highest BCUT2D eigenvalue weighted by atomic mass is 32.2. The Kier molecular flexibility index (Phi) is 3.59. The Labute approximate surface area is 108 Å². The number of nitrogens with two attached hydrogens (primary N) is 1. The molecule has 6 heteroatoms. The molecule has 1 aliphatic rings. The molecule has 1 saturated carbocycles. The first-order valence-corrected chi connectivity index (χ1v) is 7.68. The van der Waals surface area contributed by atoms with E-state index in [0.717, 1.165) is 25.7 Å². The predicted octanol–water partition coefficient (Wildman–Crippen LogP) is 1.52. The molecule has 3 N–H and O–H groups in total. The monoisotopic (exact) mass is 269 g/mol. The fourth-order valence-electron chi connectivity index (χ4n) is 2.18. The summed E-state index contributed by atoms with van der Waals surface area (Å²) in [7, 11) is -3.54. The lowest BCUT2D eigenvalue weighted by atomic mass is 10.0. The Morgan fingerprint density at radius 2 is 2.22 bits per heavy atom. The van der Waals surface area contributed by atoms with Gasteiger partial charge in [0.15, 0.2) is 0 Å². The number of nitrogens with one attached hydrogen (secondary N) is 1. The lowest BCUT2D eigenvalue weighted by molar-refractivity contribution is 0.449. The number of rotatable bonds is 6. The highest BCUT2D eigenvalue weighted by Gasteiger charge is 2.42. The molecule has 0 spiro atoms. The third kappa shape index (κ3) is 2.81. The van der Waals surface area contributed by atoms with Crippen molar-refractivity contribution in [3.63, 3.8) is 0 Å². The number of hydrogen-bond donors (Lipinski definition) is 2. The molecule has 1 heterocycles. The van der Waals surface area contributed by atoms with E-state index in [1.165, 1.54) is 12.3 Å². The van der Waals surface area contributed by atoms with Crippen LogP contribution in [0.1, 0.15) is 32.6 Å². The Morgan fingerprint density at radius 1 is 1.50 bits per heavy atom. The van der Waals surface area contributed by atoms with Crippen molar-refractivity contribution in [1.82, 2.24) is 9.71 Å². The lowest BCUT2D eigenvalue weighted by Gasteiger charge is -2.15. The van der Waals surface area contributed by atoms with Crippen molar-refractivity contribution in [2.75, 3.05) is 12.3 Å². The Bertz CT molecular complexity index is 524. The maximum Gasteiger partial charge on any atom is 0.244 e. The predicted molar refractivity (Wildman–Crippen MR) is 70.4 cm³/mol. The molecule has 0 aromatic carbocycles. The van der Waals surface area contributed by atoms with Gasteiger partial charge in [0.1, 0.15) is 10.7 Å². The average molecular weight is 269 g/mol. The standard InChI is InChI=1S/C12H19N3O2S/c1-2-5-12(6-7-12)9-15-18(16,17)10-4-3-8-14-11(10)13/h3-4,8,15H,2,5-7,9H2,1H3,(H2,13,14). The van der Waals surface area contributed by atoms with Crippen LogP contribution >= 0.6 is 0 Å². The van der Waals surface area contributed by atoms with E-state index >= 15 is 0 Å². The third-order valence-electron chi connectivity index (χ3n) is 3.46. The number of anilines is 1. The molecular formula is C12H19N3O2S. The van der Waals surface area contributed by atoms with Crippen LogP contribution in [0.4, 0.5) is 5.82 Å². The van der Waals surface area contributed by atoms with Gasteiger partial charge in [0.05, 0.1) is 0 Å². The molecule has 0 unspecified atom stereocenters. The molecule has 1 aliphatic carbocycles. The largest absolute Gasteiger partial charge is 0.383 e. The minimum absolute atomic E-state index is 0.0466. The number of sulfonamides is 1. The van der Waals surface area contributed by atoms with Gasteiger partial charge in [0.2, 0.25) is 10.0 Å². The minimum atomic E-state index is -3.54. The van der Waals surface area contributed by atoms with Gasteiger partial charge in [-0.2, -0.15) is 0 Å².